The molecule has 4 amide bonds. The molecule has 2 aliphatic heterocycles. The van der Waals surface area contributed by atoms with Crippen LogP contribution in [0.4, 0.5) is 4.79 Å². The van der Waals surface area contributed by atoms with Crippen molar-refractivity contribution in [2.24, 2.45) is 7.05 Å². The van der Waals surface area contributed by atoms with E-state index in [9.17, 15) is 14.4 Å². The number of carbonyl (C=O) groups is 3. The van der Waals surface area contributed by atoms with Crippen LogP contribution in [0.25, 0.3) is 0 Å². The Morgan fingerprint density at radius 3 is 2.69 bits per heavy atom. The van der Waals surface area contributed by atoms with Gasteiger partial charge in [-0.1, -0.05) is 24.3 Å². The van der Waals surface area contributed by atoms with Crippen molar-refractivity contribution >= 4 is 17.8 Å². The summed E-state index contributed by atoms with van der Waals surface area (Å²) in [5.74, 6) is -0.242. The Kier molecular flexibility index (Phi) is 5.21. The molecule has 1 unspecified atom stereocenters. The lowest BCUT2D eigenvalue weighted by Gasteiger charge is -2.35. The number of imide groups is 1. The third-order valence-electron chi connectivity index (χ3n) is 6.91. The van der Waals surface area contributed by atoms with Gasteiger partial charge in [0, 0.05) is 38.8 Å². The maximum atomic E-state index is 13.3. The monoisotopic (exact) mass is 436 g/mol. The van der Waals surface area contributed by atoms with Crippen molar-refractivity contribution in [3.05, 3.63) is 53.3 Å². The van der Waals surface area contributed by atoms with E-state index in [4.69, 9.17) is 0 Å². The second-order valence-corrected chi connectivity index (χ2v) is 9.10. The number of nitrogens with one attached hydrogen (secondary N) is 2. The first kappa shape index (κ1) is 20.7. The summed E-state index contributed by atoms with van der Waals surface area (Å²) in [5.41, 5.74) is 2.13. The van der Waals surface area contributed by atoms with Gasteiger partial charge in [0.15, 0.2) is 0 Å². The molecule has 1 aliphatic carbocycles. The van der Waals surface area contributed by atoms with Gasteiger partial charge >= 0.3 is 6.03 Å². The molecule has 168 valence electrons. The molecule has 9 heteroatoms. The van der Waals surface area contributed by atoms with Crippen LogP contribution in [-0.4, -0.2) is 68.8 Å². The summed E-state index contributed by atoms with van der Waals surface area (Å²) in [6, 6.07) is 7.90. The molecule has 2 fully saturated rings. The smallest absolute Gasteiger partial charge is 0.326 e. The molecule has 0 radical (unpaired) electrons. The van der Waals surface area contributed by atoms with Crippen molar-refractivity contribution in [1.82, 2.24) is 30.2 Å². The van der Waals surface area contributed by atoms with Crippen molar-refractivity contribution < 1.29 is 14.4 Å². The molecule has 3 aliphatic rings. The summed E-state index contributed by atoms with van der Waals surface area (Å²) in [6.45, 7) is 1.72. The van der Waals surface area contributed by atoms with E-state index >= 15 is 0 Å². The molecule has 1 aromatic carbocycles. The number of rotatable bonds is 4. The number of hydrogen-bond acceptors (Lipinski definition) is 5. The molecule has 0 saturated carbocycles. The van der Waals surface area contributed by atoms with Gasteiger partial charge in [-0.15, -0.1) is 0 Å². The number of likely N-dealkylation sites (tertiary alicyclic amines) is 1. The molecule has 5 rings (SSSR count). The zero-order chi connectivity index (χ0) is 22.3. The van der Waals surface area contributed by atoms with Crippen LogP contribution in [0, 0.1) is 0 Å². The summed E-state index contributed by atoms with van der Waals surface area (Å²) < 4.78 is 1.60. The van der Waals surface area contributed by atoms with E-state index in [1.165, 1.54) is 10.5 Å². The summed E-state index contributed by atoms with van der Waals surface area (Å²) in [7, 11) is 1.78. The van der Waals surface area contributed by atoms with E-state index in [-0.39, 0.29) is 30.6 Å². The minimum absolute atomic E-state index is 0.0725. The summed E-state index contributed by atoms with van der Waals surface area (Å²) in [5, 5.41) is 10.1. The summed E-state index contributed by atoms with van der Waals surface area (Å²) in [4.78, 5) is 41.8. The van der Waals surface area contributed by atoms with Gasteiger partial charge in [-0.2, -0.15) is 5.10 Å². The lowest BCUT2D eigenvalue weighted by Crippen LogP contribution is -2.52. The van der Waals surface area contributed by atoms with Gasteiger partial charge in [0.05, 0.1) is 18.4 Å². The van der Waals surface area contributed by atoms with E-state index in [0.717, 1.165) is 24.8 Å². The van der Waals surface area contributed by atoms with Crippen LogP contribution in [0.3, 0.4) is 0 Å². The molecule has 2 N–H and O–H groups in total. The number of hydrogen-bond donors (Lipinski definition) is 2. The lowest BCUT2D eigenvalue weighted by atomic mass is 9.78. The highest BCUT2D eigenvalue weighted by Gasteiger charge is 2.52. The van der Waals surface area contributed by atoms with Crippen LogP contribution >= 0.6 is 0 Å². The molecule has 0 bridgehead atoms. The first-order valence-corrected chi connectivity index (χ1v) is 11.2. The Morgan fingerprint density at radius 2 is 1.97 bits per heavy atom. The largest absolute Gasteiger partial charge is 0.349 e. The van der Waals surface area contributed by atoms with Crippen molar-refractivity contribution in [2.45, 2.75) is 43.7 Å². The Hall–Kier alpha value is -3.20. The average molecular weight is 437 g/mol. The topological polar surface area (TPSA) is 99.6 Å². The van der Waals surface area contributed by atoms with E-state index < -0.39 is 5.54 Å². The quantitative estimate of drug-likeness (QED) is 0.698. The van der Waals surface area contributed by atoms with Gasteiger partial charge in [0.1, 0.15) is 5.54 Å². The Bertz CT molecular complexity index is 1060. The van der Waals surface area contributed by atoms with Gasteiger partial charge in [-0.05, 0) is 36.8 Å². The van der Waals surface area contributed by atoms with Gasteiger partial charge in [0.2, 0.25) is 0 Å². The second kappa shape index (κ2) is 8.05. The van der Waals surface area contributed by atoms with Crippen LogP contribution in [0.5, 0.6) is 0 Å². The fourth-order valence-corrected chi connectivity index (χ4v) is 5.06. The zero-order valence-electron chi connectivity index (χ0n) is 18.2. The van der Waals surface area contributed by atoms with E-state index in [2.05, 4.69) is 26.7 Å². The van der Waals surface area contributed by atoms with Crippen molar-refractivity contribution in [3.8, 4) is 0 Å². The lowest BCUT2D eigenvalue weighted by molar-refractivity contribution is -0.133. The third-order valence-corrected chi connectivity index (χ3v) is 6.91. The number of benzene rings is 1. The number of urea groups is 1. The van der Waals surface area contributed by atoms with E-state index in [0.29, 0.717) is 31.5 Å². The van der Waals surface area contributed by atoms with Crippen LogP contribution in [0.1, 0.15) is 40.7 Å². The number of amides is 4. The Labute approximate surface area is 186 Å². The number of piperidine rings is 1. The Morgan fingerprint density at radius 1 is 1.22 bits per heavy atom. The highest BCUT2D eigenvalue weighted by molar-refractivity contribution is 6.07. The molecule has 1 spiro atoms. The van der Waals surface area contributed by atoms with E-state index in [1.54, 1.807) is 24.1 Å². The standard InChI is InChI=1S/C23H28N6O3/c1-27-14-18(13-24-27)20(30)25-19-7-10-28(11-8-19)15-29-21(31)23(26-22(29)32)9-6-16-4-2-3-5-17(16)12-23/h2-5,13-14,19H,6-12,15H2,1H3,(H,25,30)(H,26,32). The second-order valence-electron chi connectivity index (χ2n) is 9.10. The minimum atomic E-state index is -0.818. The van der Waals surface area contributed by atoms with Crippen LogP contribution in [0.15, 0.2) is 36.7 Å². The molecular formula is C23H28N6O3. The van der Waals surface area contributed by atoms with Crippen LogP contribution in [0.2, 0.25) is 0 Å². The first-order valence-electron chi connectivity index (χ1n) is 11.2. The normalized spacial score (nSPS) is 24.0. The predicted molar refractivity (Wildman–Crippen MR) is 117 cm³/mol. The number of carbonyl (C=O) groups excluding carboxylic acids is 3. The van der Waals surface area contributed by atoms with Crippen LogP contribution < -0.4 is 10.6 Å². The molecule has 3 heterocycles. The number of fused-ring (bicyclic) bond motifs is 1. The maximum Gasteiger partial charge on any atom is 0.326 e. The summed E-state index contributed by atoms with van der Waals surface area (Å²) >= 11 is 0. The van der Waals surface area contributed by atoms with E-state index in [1.807, 2.05) is 18.2 Å². The van der Waals surface area contributed by atoms with Crippen molar-refractivity contribution in [3.63, 3.8) is 0 Å². The fraction of sp³-hybridized carbons (Fsp3) is 0.478. The SMILES string of the molecule is Cn1cc(C(=O)NC2CCN(CN3C(=O)NC4(CCc5ccccc5C4)C3=O)CC2)cn1. The highest BCUT2D eigenvalue weighted by Crippen LogP contribution is 2.33. The van der Waals surface area contributed by atoms with Gasteiger partial charge in [0.25, 0.3) is 11.8 Å². The van der Waals surface area contributed by atoms with Gasteiger partial charge in [-0.25, -0.2) is 9.69 Å². The number of nitrogens with zero attached hydrogens (tertiary/aromatic N) is 4. The van der Waals surface area contributed by atoms with Crippen molar-refractivity contribution in [1.29, 1.82) is 0 Å². The molecule has 32 heavy (non-hydrogen) atoms. The van der Waals surface area contributed by atoms with Gasteiger partial charge < -0.3 is 10.6 Å². The third kappa shape index (κ3) is 3.77. The number of aryl methyl sites for hydroxylation is 2. The fourth-order valence-electron chi connectivity index (χ4n) is 5.06. The predicted octanol–water partition coefficient (Wildman–Crippen LogP) is 1.05. The Balaban J connectivity index is 1.17. The molecule has 1 atom stereocenters. The maximum absolute atomic E-state index is 13.3. The summed E-state index contributed by atoms with van der Waals surface area (Å²) in [6.07, 6.45) is 6.77. The zero-order valence-corrected chi connectivity index (χ0v) is 18.2. The first-order chi connectivity index (χ1) is 15.4. The van der Waals surface area contributed by atoms with Gasteiger partial charge in [-0.3, -0.25) is 19.2 Å². The molecule has 1 aromatic heterocycles. The highest BCUT2D eigenvalue weighted by atomic mass is 16.2. The molecule has 2 aromatic rings. The van der Waals surface area contributed by atoms with Crippen molar-refractivity contribution in [2.75, 3.05) is 19.8 Å². The average Bonchev–Trinajstić information content (AvgIpc) is 3.32. The molecule has 2 saturated heterocycles. The molecular weight excluding hydrogens is 408 g/mol. The minimum Gasteiger partial charge on any atom is -0.349 e. The molecule has 9 nitrogen and oxygen atoms in total. The van der Waals surface area contributed by atoms with Crippen LogP contribution in [-0.2, 0) is 24.7 Å². The number of aromatic nitrogens is 2.